The molecule has 3 N–H and O–H groups in total. The Hall–Kier alpha value is -3.77. The average molecular weight is 531 g/mol. The molecule has 12 heteroatoms. The van der Waals surface area contributed by atoms with Gasteiger partial charge in [0.05, 0.1) is 36.8 Å². The van der Waals surface area contributed by atoms with Crippen LogP contribution in [0.3, 0.4) is 0 Å². The highest BCUT2D eigenvalue weighted by Gasteiger charge is 2.43. The second-order valence-electron chi connectivity index (χ2n) is 9.41. The normalized spacial score (nSPS) is 18.8. The first-order valence-electron chi connectivity index (χ1n) is 12.0. The molecule has 4 heterocycles. The van der Waals surface area contributed by atoms with E-state index in [-0.39, 0.29) is 36.5 Å². The molecule has 0 radical (unpaired) electrons. The van der Waals surface area contributed by atoms with Gasteiger partial charge in [0.2, 0.25) is 0 Å². The number of alkyl halides is 2. The Bertz CT molecular complexity index is 1470. The molecule has 0 bridgehead atoms. The number of rotatable bonds is 7. The summed E-state index contributed by atoms with van der Waals surface area (Å²) in [6.07, 6.45) is 2.13. The lowest BCUT2D eigenvalue weighted by atomic mass is 9.84. The number of anilines is 1. The van der Waals surface area contributed by atoms with Crippen LogP contribution in [0.1, 0.15) is 18.4 Å². The molecule has 1 aromatic carbocycles. The molecule has 4 aromatic rings. The fourth-order valence-electron chi connectivity index (χ4n) is 4.96. The van der Waals surface area contributed by atoms with Crippen molar-refractivity contribution in [2.24, 2.45) is 5.73 Å². The molecule has 0 saturated carbocycles. The number of hydrogen-bond acceptors (Lipinski definition) is 7. The molecule has 1 fully saturated rings. The zero-order valence-electron chi connectivity index (χ0n) is 20.5. The van der Waals surface area contributed by atoms with Crippen molar-refractivity contribution in [2.75, 3.05) is 25.1 Å². The minimum absolute atomic E-state index is 0.0374. The summed E-state index contributed by atoms with van der Waals surface area (Å²) in [5, 5.41) is 10.1. The maximum Gasteiger partial charge on any atom is 0.265 e. The lowest BCUT2D eigenvalue weighted by molar-refractivity contribution is -0.0529. The van der Waals surface area contributed by atoms with E-state index in [0.29, 0.717) is 35.4 Å². The van der Waals surface area contributed by atoms with Crippen LogP contribution in [-0.4, -0.2) is 62.9 Å². The third-order valence-electron chi connectivity index (χ3n) is 6.94. The van der Waals surface area contributed by atoms with Crippen LogP contribution >= 0.6 is 0 Å². The van der Waals surface area contributed by atoms with Crippen molar-refractivity contribution in [3.05, 3.63) is 66.3 Å². The summed E-state index contributed by atoms with van der Waals surface area (Å²) in [5.74, 6) is -1.69. The second kappa shape index (κ2) is 10.2. The van der Waals surface area contributed by atoms with Crippen molar-refractivity contribution in [3.63, 3.8) is 0 Å². The number of piperidine rings is 1. The van der Waals surface area contributed by atoms with Gasteiger partial charge in [-0.2, -0.15) is 0 Å². The van der Waals surface area contributed by atoms with Gasteiger partial charge in [-0.25, -0.2) is 22.5 Å². The molecule has 3 aromatic heterocycles. The third kappa shape index (κ3) is 4.76. The molecule has 5 rings (SSSR count). The number of aromatic nitrogens is 4. The monoisotopic (exact) mass is 530 g/mol. The molecular formula is C26H26F4N6O2. The smallest absolute Gasteiger partial charge is 0.265 e. The number of nitrogens with zero attached hydrogens (tertiary/aromatic N) is 5. The molecule has 38 heavy (non-hydrogen) atoms. The molecule has 0 amide bonds. The summed E-state index contributed by atoms with van der Waals surface area (Å²) in [4.78, 5) is 14.8. The number of methoxy groups -OCH3 is 1. The highest BCUT2D eigenvalue weighted by atomic mass is 19.3. The number of nitrogens with two attached hydrogens (primary N) is 1. The van der Waals surface area contributed by atoms with Crippen molar-refractivity contribution in [2.45, 2.75) is 37.5 Å². The van der Waals surface area contributed by atoms with Crippen LogP contribution in [0.25, 0.3) is 22.4 Å². The highest BCUT2D eigenvalue weighted by molar-refractivity contribution is 5.71. The standard InChI is InChI=1S/C26H26F4N6O2/c1-38-22-11-17(27)16(10-18(22)28)20-9-15(13-35-8-3-19-25(35)33-6-5-32-19)21(12-34-20)36-7-2-4-26(31,14-36)23(37)24(29)30/h3,5-6,8-12,23-24,37H,2,4,7,13-14,31H2,1H3/t23-,26-/m1/s1. The molecule has 200 valence electrons. The first-order chi connectivity index (χ1) is 18.2. The van der Waals surface area contributed by atoms with Gasteiger partial charge in [0.1, 0.15) is 17.4 Å². The van der Waals surface area contributed by atoms with Crippen LogP contribution < -0.4 is 15.4 Å². The number of hydrogen-bond donors (Lipinski definition) is 2. The largest absolute Gasteiger partial charge is 0.494 e. The quantitative estimate of drug-likeness (QED) is 0.351. The summed E-state index contributed by atoms with van der Waals surface area (Å²) < 4.78 is 62.8. The van der Waals surface area contributed by atoms with Crippen LogP contribution in [-0.2, 0) is 6.54 Å². The van der Waals surface area contributed by atoms with Gasteiger partial charge in [0.25, 0.3) is 6.43 Å². The minimum atomic E-state index is -2.99. The second-order valence-corrected chi connectivity index (χ2v) is 9.41. The summed E-state index contributed by atoms with van der Waals surface area (Å²) in [7, 11) is 1.24. The van der Waals surface area contributed by atoms with Crippen molar-refractivity contribution in [1.82, 2.24) is 19.5 Å². The predicted molar refractivity (Wildman–Crippen MR) is 133 cm³/mol. The zero-order chi connectivity index (χ0) is 27.0. The van der Waals surface area contributed by atoms with Gasteiger partial charge >= 0.3 is 0 Å². The molecule has 1 saturated heterocycles. The summed E-state index contributed by atoms with van der Waals surface area (Å²) >= 11 is 0. The van der Waals surface area contributed by atoms with Gasteiger partial charge in [0.15, 0.2) is 17.2 Å². The summed E-state index contributed by atoms with van der Waals surface area (Å²) in [5.41, 5.74) is 7.34. The number of fused-ring (bicyclic) bond motifs is 1. The SMILES string of the molecule is COc1cc(F)c(-c2cc(Cn3ccc4nccnc43)c(N3CCC[C@](N)([C@H](O)C(F)F)C3)cn2)cc1F. The number of pyridine rings is 1. The number of aliphatic hydroxyl groups is 1. The van der Waals surface area contributed by atoms with Crippen molar-refractivity contribution >= 4 is 16.9 Å². The van der Waals surface area contributed by atoms with Gasteiger partial charge in [-0.05, 0) is 36.6 Å². The highest BCUT2D eigenvalue weighted by Crippen LogP contribution is 2.34. The van der Waals surface area contributed by atoms with E-state index >= 15 is 0 Å². The van der Waals surface area contributed by atoms with E-state index in [9.17, 15) is 22.7 Å². The van der Waals surface area contributed by atoms with Crippen LogP contribution in [0.2, 0.25) is 0 Å². The fourth-order valence-corrected chi connectivity index (χ4v) is 4.96. The predicted octanol–water partition coefficient (Wildman–Crippen LogP) is 3.75. The Labute approximate surface area is 215 Å². The Morgan fingerprint density at radius 2 is 1.92 bits per heavy atom. The number of benzene rings is 1. The number of halogens is 4. The first kappa shape index (κ1) is 25.9. The van der Waals surface area contributed by atoms with Gasteiger partial charge in [-0.15, -0.1) is 0 Å². The average Bonchev–Trinajstić information content (AvgIpc) is 3.32. The molecule has 0 unspecified atom stereocenters. The number of ether oxygens (including phenoxy) is 1. The maximum atomic E-state index is 14.9. The Kier molecular flexibility index (Phi) is 6.93. The lowest BCUT2D eigenvalue weighted by Gasteiger charge is -2.44. The van der Waals surface area contributed by atoms with E-state index in [1.165, 1.54) is 13.3 Å². The van der Waals surface area contributed by atoms with E-state index < -0.39 is 29.7 Å². The molecular weight excluding hydrogens is 504 g/mol. The van der Waals surface area contributed by atoms with E-state index in [1.807, 2.05) is 4.57 Å². The first-order valence-corrected chi connectivity index (χ1v) is 12.0. The molecule has 0 spiro atoms. The van der Waals surface area contributed by atoms with Crippen molar-refractivity contribution in [1.29, 1.82) is 0 Å². The third-order valence-corrected chi connectivity index (χ3v) is 6.94. The van der Waals surface area contributed by atoms with Gasteiger partial charge < -0.3 is 25.0 Å². The van der Waals surface area contributed by atoms with Crippen LogP contribution in [0, 0.1) is 11.6 Å². The Morgan fingerprint density at radius 1 is 1.13 bits per heavy atom. The van der Waals surface area contributed by atoms with E-state index in [2.05, 4.69) is 15.0 Å². The van der Waals surface area contributed by atoms with Crippen molar-refractivity contribution < 1.29 is 27.4 Å². The maximum absolute atomic E-state index is 14.9. The summed E-state index contributed by atoms with van der Waals surface area (Å²) in [6, 6.07) is 5.39. The van der Waals surface area contributed by atoms with Crippen LogP contribution in [0.15, 0.2) is 49.1 Å². The summed E-state index contributed by atoms with van der Waals surface area (Å²) in [6.45, 7) is 0.698. The molecule has 2 atom stereocenters. The van der Waals surface area contributed by atoms with Gasteiger partial charge in [-0.1, -0.05) is 0 Å². The van der Waals surface area contributed by atoms with Crippen LogP contribution in [0.4, 0.5) is 23.2 Å². The molecule has 8 nitrogen and oxygen atoms in total. The zero-order valence-corrected chi connectivity index (χ0v) is 20.5. The molecule has 1 aliphatic rings. The topological polar surface area (TPSA) is 102 Å². The van der Waals surface area contributed by atoms with Gasteiger partial charge in [0, 0.05) is 43.3 Å². The molecule has 0 aliphatic carbocycles. The van der Waals surface area contributed by atoms with Crippen LogP contribution in [0.5, 0.6) is 5.75 Å². The van der Waals surface area contributed by atoms with Gasteiger partial charge in [-0.3, -0.25) is 9.97 Å². The fraction of sp³-hybridized carbons (Fsp3) is 0.346. The molecule has 1 aliphatic heterocycles. The lowest BCUT2D eigenvalue weighted by Crippen LogP contribution is -2.63. The minimum Gasteiger partial charge on any atom is -0.494 e. The van der Waals surface area contributed by atoms with Crippen molar-refractivity contribution in [3.8, 4) is 17.0 Å². The van der Waals surface area contributed by atoms with E-state index in [1.54, 1.807) is 35.6 Å². The number of aliphatic hydroxyl groups excluding tert-OH is 1. The van der Waals surface area contributed by atoms with E-state index in [0.717, 1.165) is 12.1 Å². The Morgan fingerprint density at radius 3 is 2.68 bits per heavy atom. The Balaban J connectivity index is 1.59. The van der Waals surface area contributed by atoms with E-state index in [4.69, 9.17) is 10.5 Å².